The van der Waals surface area contributed by atoms with Crippen molar-refractivity contribution >= 4 is 85.2 Å². The van der Waals surface area contributed by atoms with Gasteiger partial charge >= 0.3 is 6.85 Å². The molecule has 11 aromatic rings. The Labute approximate surface area is 435 Å². The first-order valence-corrected chi connectivity index (χ1v) is 26.0. The van der Waals surface area contributed by atoms with Gasteiger partial charge in [-0.1, -0.05) is 181 Å². The fourth-order valence-electron chi connectivity index (χ4n) is 11.7. The van der Waals surface area contributed by atoms with Crippen LogP contribution in [0.2, 0.25) is 0 Å². The first-order chi connectivity index (χ1) is 35.9. The first kappa shape index (κ1) is 45.3. The molecule has 0 N–H and O–H groups in total. The smallest absolute Gasteiger partial charge is 0.333 e. The zero-order valence-corrected chi connectivity index (χ0v) is 43.2. The number of hydrogen-bond donors (Lipinski definition) is 0. The molecular weight excluding hydrogens is 898 g/mol. The van der Waals surface area contributed by atoms with Crippen LogP contribution in [-0.2, 0) is 10.8 Å². The van der Waals surface area contributed by atoms with Crippen molar-refractivity contribution in [2.24, 2.45) is 0 Å². The van der Waals surface area contributed by atoms with Crippen LogP contribution in [0.5, 0.6) is 0 Å². The van der Waals surface area contributed by atoms with Crippen molar-refractivity contribution in [1.29, 1.82) is 0 Å². The lowest BCUT2D eigenvalue weighted by Gasteiger charge is -2.46. The number of fused-ring (bicyclic) bond motifs is 8. The molecule has 0 saturated carbocycles. The van der Waals surface area contributed by atoms with Gasteiger partial charge in [0.15, 0.2) is 0 Å². The van der Waals surface area contributed by atoms with Crippen molar-refractivity contribution in [2.75, 3.05) is 14.6 Å². The van der Waals surface area contributed by atoms with E-state index in [-0.39, 0.29) is 17.7 Å². The van der Waals surface area contributed by atoms with Gasteiger partial charge in [0, 0.05) is 67.9 Å². The Morgan fingerprint density at radius 3 is 1.65 bits per heavy atom. The van der Waals surface area contributed by atoms with Gasteiger partial charge in [-0.25, -0.2) is 0 Å². The summed E-state index contributed by atoms with van der Waals surface area (Å²) in [5.41, 5.74) is 24.1. The number of para-hydroxylation sites is 2. The van der Waals surface area contributed by atoms with Gasteiger partial charge in [0.2, 0.25) is 0 Å². The van der Waals surface area contributed by atoms with E-state index in [9.17, 15) is 0 Å². The van der Waals surface area contributed by atoms with Crippen LogP contribution in [0.3, 0.4) is 0 Å². The average Bonchev–Trinajstić information content (AvgIpc) is 3.83. The van der Waals surface area contributed by atoms with Gasteiger partial charge in [0.1, 0.15) is 11.2 Å². The molecule has 0 unspecified atom stereocenters. The van der Waals surface area contributed by atoms with E-state index in [2.05, 4.69) is 288 Å². The molecule has 0 aliphatic carbocycles. The molecule has 0 radical (unpaired) electrons. The van der Waals surface area contributed by atoms with Crippen LogP contribution < -0.4 is 25.5 Å². The van der Waals surface area contributed by atoms with E-state index < -0.39 is 0 Å². The van der Waals surface area contributed by atoms with E-state index in [1.165, 1.54) is 61.0 Å². The van der Waals surface area contributed by atoms with Crippen LogP contribution in [-0.4, -0.2) is 6.85 Å². The van der Waals surface area contributed by atoms with Crippen molar-refractivity contribution in [3.05, 3.63) is 241 Å². The summed E-state index contributed by atoms with van der Waals surface area (Å²) in [6, 6.07) is 83.0. The third kappa shape index (κ3) is 7.52. The summed E-state index contributed by atoms with van der Waals surface area (Å²) >= 11 is 0. The lowest BCUT2D eigenvalue weighted by molar-refractivity contribution is 0.590. The van der Waals surface area contributed by atoms with Gasteiger partial charge in [-0.2, -0.15) is 0 Å². The summed E-state index contributed by atoms with van der Waals surface area (Å²) in [7, 11) is 0. The fraction of sp³-hybridized carbons (Fsp3) is 0.130. The number of rotatable bonds is 7. The molecule has 0 bridgehead atoms. The van der Waals surface area contributed by atoms with Gasteiger partial charge in [-0.15, -0.1) is 0 Å². The van der Waals surface area contributed by atoms with Crippen molar-refractivity contribution in [3.63, 3.8) is 0 Å². The minimum atomic E-state index is -0.248. The molecule has 1 aromatic heterocycles. The number of nitrogens with zero attached hydrogens (tertiary/aromatic N) is 3. The molecule has 3 heterocycles. The first-order valence-electron chi connectivity index (χ1n) is 26.0. The number of hydrogen-bond acceptors (Lipinski definition) is 4. The predicted molar refractivity (Wildman–Crippen MR) is 315 cm³/mol. The molecule has 0 atom stereocenters. The number of anilines is 8. The predicted octanol–water partition coefficient (Wildman–Crippen LogP) is 18.0. The van der Waals surface area contributed by atoms with Crippen LogP contribution in [0.25, 0.3) is 55.3 Å². The van der Waals surface area contributed by atoms with E-state index in [1.807, 2.05) is 0 Å². The molecular formula is C69H58BN3O. The Hall–Kier alpha value is -8.54. The van der Waals surface area contributed by atoms with Crippen LogP contribution in [0.1, 0.15) is 58.2 Å². The second kappa shape index (κ2) is 17.3. The topological polar surface area (TPSA) is 22.9 Å². The summed E-state index contributed by atoms with van der Waals surface area (Å²) in [4.78, 5) is 7.59. The Kier molecular flexibility index (Phi) is 10.6. The largest absolute Gasteiger partial charge is 0.456 e. The standard InChI is InChI=1S/C69H58BN3O/c1-45-41-49(47-21-12-9-13-22-47)29-39-59(45)72-61-40-38-54(71(52-34-30-50(31-35-52)68(2,3)4)53-36-32-51(33-37-53)69(5,6)7)43-58(61)70-67-62(72)44-64-65(57-26-15-17-28-63(57)74-64)66(67)56-25-14-16-27-60(56)73(70)55-24-18-23-48(42-55)46-19-10-8-11-20-46/h8-44H,1-7H3. The molecule has 0 fully saturated rings. The van der Waals surface area contributed by atoms with E-state index in [0.29, 0.717) is 0 Å². The molecule has 2 aliphatic rings. The fourth-order valence-corrected chi connectivity index (χ4v) is 11.7. The molecule has 13 rings (SSSR count). The van der Waals surface area contributed by atoms with E-state index >= 15 is 0 Å². The van der Waals surface area contributed by atoms with Gasteiger partial charge in [0.05, 0.1) is 0 Å². The van der Waals surface area contributed by atoms with E-state index in [4.69, 9.17) is 4.42 Å². The lowest BCUT2D eigenvalue weighted by Crippen LogP contribution is -2.61. The molecule has 74 heavy (non-hydrogen) atoms. The van der Waals surface area contributed by atoms with Gasteiger partial charge in [-0.05, 0) is 152 Å². The average molecular weight is 956 g/mol. The molecule has 0 amide bonds. The van der Waals surface area contributed by atoms with Crippen LogP contribution >= 0.6 is 0 Å². The van der Waals surface area contributed by atoms with Crippen LogP contribution in [0.15, 0.2) is 229 Å². The van der Waals surface area contributed by atoms with Crippen LogP contribution in [0, 0.1) is 6.92 Å². The molecule has 4 nitrogen and oxygen atoms in total. The summed E-state index contributed by atoms with van der Waals surface area (Å²) in [6.45, 7) is 15.7. The maximum absolute atomic E-state index is 6.95. The minimum Gasteiger partial charge on any atom is -0.456 e. The summed E-state index contributed by atoms with van der Waals surface area (Å²) < 4.78 is 6.95. The Bertz CT molecular complexity index is 3880. The van der Waals surface area contributed by atoms with Crippen molar-refractivity contribution in [1.82, 2.24) is 0 Å². The van der Waals surface area contributed by atoms with Crippen molar-refractivity contribution in [2.45, 2.75) is 59.3 Å². The highest BCUT2D eigenvalue weighted by Crippen LogP contribution is 2.52. The Balaban J connectivity index is 1.12. The highest BCUT2D eigenvalue weighted by molar-refractivity contribution is 6.94. The molecule has 5 heteroatoms. The van der Waals surface area contributed by atoms with Crippen molar-refractivity contribution < 1.29 is 4.42 Å². The molecule has 10 aromatic carbocycles. The molecule has 0 saturated heterocycles. The Morgan fingerprint density at radius 2 is 1.00 bits per heavy atom. The number of aryl methyl sites for hydroxylation is 1. The highest BCUT2D eigenvalue weighted by atomic mass is 16.3. The van der Waals surface area contributed by atoms with E-state index in [1.54, 1.807) is 0 Å². The second-order valence-electron chi connectivity index (χ2n) is 22.2. The maximum atomic E-state index is 6.95. The van der Waals surface area contributed by atoms with Crippen molar-refractivity contribution in [3.8, 4) is 33.4 Å². The number of furan rings is 1. The summed E-state index contributed by atoms with van der Waals surface area (Å²) in [5.74, 6) is 0. The number of benzene rings is 10. The van der Waals surface area contributed by atoms with Gasteiger partial charge < -0.3 is 19.0 Å². The lowest BCUT2D eigenvalue weighted by atomic mass is 9.43. The Morgan fingerprint density at radius 1 is 0.432 bits per heavy atom. The maximum Gasteiger partial charge on any atom is 0.333 e. The zero-order valence-electron chi connectivity index (χ0n) is 43.2. The van der Waals surface area contributed by atoms with Gasteiger partial charge in [-0.3, -0.25) is 0 Å². The SMILES string of the molecule is Cc1cc(-c2ccccc2)ccc1N1c2ccc(N(c3ccc(C(C)(C)C)cc3)c3ccc(C(C)(C)C)cc3)cc2B2c3c1cc1oc4ccccc4c1c3-c1ccccc1N2c1cccc(-c2ccccc2)c1. The van der Waals surface area contributed by atoms with Gasteiger partial charge in [0.25, 0.3) is 0 Å². The molecule has 358 valence electrons. The van der Waals surface area contributed by atoms with Crippen LogP contribution in [0.4, 0.5) is 45.5 Å². The monoisotopic (exact) mass is 955 g/mol. The second-order valence-corrected chi connectivity index (χ2v) is 22.2. The molecule has 2 aliphatic heterocycles. The van der Waals surface area contributed by atoms with E-state index in [0.717, 1.165) is 67.4 Å². The highest BCUT2D eigenvalue weighted by Gasteiger charge is 2.47. The minimum absolute atomic E-state index is 0.0137. The third-order valence-electron chi connectivity index (χ3n) is 15.5. The zero-order chi connectivity index (χ0) is 50.5. The summed E-state index contributed by atoms with van der Waals surface area (Å²) in [6.07, 6.45) is 0. The third-order valence-corrected chi connectivity index (χ3v) is 15.5. The normalized spacial score (nSPS) is 13.0. The molecule has 0 spiro atoms. The summed E-state index contributed by atoms with van der Waals surface area (Å²) in [5, 5.41) is 2.26. The quantitative estimate of drug-likeness (QED) is 0.149.